The zero-order chi connectivity index (χ0) is 20.9. The Bertz CT molecular complexity index is 1180. The van der Waals surface area contributed by atoms with Gasteiger partial charge in [-0.05, 0) is 24.6 Å². The molecule has 156 valence electrons. The lowest BCUT2D eigenvalue weighted by Gasteiger charge is -2.37. The maximum Gasteiger partial charge on any atom is 0.227 e. The zero-order valence-corrected chi connectivity index (χ0v) is 16.9. The van der Waals surface area contributed by atoms with Crippen LogP contribution in [-0.4, -0.2) is 51.9 Å². The number of nitrogens with zero attached hydrogens (tertiary/aromatic N) is 7. The molecule has 2 atom stereocenters. The highest BCUT2D eigenvalue weighted by molar-refractivity contribution is 5.61. The number of aromatic nitrogens is 4. The van der Waals surface area contributed by atoms with Gasteiger partial charge < -0.3 is 14.7 Å². The van der Waals surface area contributed by atoms with Gasteiger partial charge in [-0.25, -0.2) is 9.37 Å². The van der Waals surface area contributed by atoms with Crippen molar-refractivity contribution in [3.63, 3.8) is 0 Å². The molecule has 31 heavy (non-hydrogen) atoms. The number of piperazine rings is 1. The van der Waals surface area contributed by atoms with E-state index in [2.05, 4.69) is 36.0 Å². The maximum absolute atomic E-state index is 13.7. The van der Waals surface area contributed by atoms with Gasteiger partial charge in [0.25, 0.3) is 0 Å². The van der Waals surface area contributed by atoms with Crippen LogP contribution in [0.4, 0.5) is 21.8 Å². The Morgan fingerprint density at radius 2 is 2.03 bits per heavy atom. The van der Waals surface area contributed by atoms with Gasteiger partial charge in [-0.1, -0.05) is 6.07 Å². The van der Waals surface area contributed by atoms with E-state index < -0.39 is 0 Å². The number of fused-ring (bicyclic) bond motifs is 3. The van der Waals surface area contributed by atoms with E-state index in [1.165, 1.54) is 11.8 Å². The second kappa shape index (κ2) is 6.94. The summed E-state index contributed by atoms with van der Waals surface area (Å²) in [5.41, 5.74) is 3.74. The van der Waals surface area contributed by atoms with Crippen molar-refractivity contribution in [3.8, 4) is 6.07 Å². The molecule has 3 aliphatic rings. The van der Waals surface area contributed by atoms with Crippen molar-refractivity contribution in [1.29, 1.82) is 5.26 Å². The predicted octanol–water partition coefficient (Wildman–Crippen LogP) is 2.24. The molecule has 2 fully saturated rings. The zero-order valence-electron chi connectivity index (χ0n) is 16.9. The lowest BCUT2D eigenvalue weighted by Crippen LogP contribution is -2.47. The van der Waals surface area contributed by atoms with Crippen molar-refractivity contribution in [1.82, 2.24) is 20.2 Å². The van der Waals surface area contributed by atoms with Crippen LogP contribution in [0.25, 0.3) is 0 Å². The molecule has 8 nitrogen and oxygen atoms in total. The summed E-state index contributed by atoms with van der Waals surface area (Å²) in [4.78, 5) is 16.0. The smallest absolute Gasteiger partial charge is 0.227 e. The third-order valence-electron chi connectivity index (χ3n) is 6.61. The number of hydrogen-bond donors (Lipinski definition) is 1. The molecule has 2 aromatic heterocycles. The molecule has 0 unspecified atom stereocenters. The molecule has 6 rings (SSSR count). The minimum Gasteiger partial charge on any atom is -0.365 e. The normalized spacial score (nSPS) is 22.0. The SMILES string of the molecule is N#Cc1cnc(N2CCc3[nH]ncc3C2)nc1N1C[C@H]2C[C@H]1CN2c1cccc(F)c1. The molecular weight excluding hydrogens is 395 g/mol. The van der Waals surface area contributed by atoms with Crippen molar-refractivity contribution in [3.05, 3.63) is 59.3 Å². The Hall–Kier alpha value is -3.67. The van der Waals surface area contributed by atoms with Gasteiger partial charge in [0.05, 0.1) is 18.4 Å². The Morgan fingerprint density at radius 1 is 1.16 bits per heavy atom. The van der Waals surface area contributed by atoms with E-state index in [0.717, 1.165) is 43.7 Å². The fraction of sp³-hybridized carbons (Fsp3) is 0.364. The van der Waals surface area contributed by atoms with Crippen LogP contribution in [-0.2, 0) is 13.0 Å². The summed E-state index contributed by atoms with van der Waals surface area (Å²) in [6.45, 7) is 3.06. The van der Waals surface area contributed by atoms with Gasteiger partial charge in [-0.3, -0.25) is 5.10 Å². The van der Waals surface area contributed by atoms with Gasteiger partial charge in [0.1, 0.15) is 17.4 Å². The average molecular weight is 416 g/mol. The number of anilines is 3. The second-order valence-electron chi connectivity index (χ2n) is 8.39. The molecule has 0 radical (unpaired) electrons. The number of aromatic amines is 1. The quantitative estimate of drug-likeness (QED) is 0.701. The summed E-state index contributed by atoms with van der Waals surface area (Å²) < 4.78 is 13.7. The number of hydrogen-bond acceptors (Lipinski definition) is 7. The van der Waals surface area contributed by atoms with Gasteiger partial charge in [-0.2, -0.15) is 15.3 Å². The van der Waals surface area contributed by atoms with E-state index >= 15 is 0 Å². The van der Waals surface area contributed by atoms with Gasteiger partial charge in [0, 0.05) is 55.6 Å². The number of halogens is 1. The van der Waals surface area contributed by atoms with Crippen molar-refractivity contribution in [2.45, 2.75) is 31.5 Å². The van der Waals surface area contributed by atoms with Crippen LogP contribution >= 0.6 is 0 Å². The summed E-state index contributed by atoms with van der Waals surface area (Å²) in [5.74, 6) is 1.13. The van der Waals surface area contributed by atoms with E-state index in [0.29, 0.717) is 23.9 Å². The summed E-state index contributed by atoms with van der Waals surface area (Å²) in [6, 6.07) is 9.55. The first-order valence-corrected chi connectivity index (χ1v) is 10.5. The highest BCUT2D eigenvalue weighted by Gasteiger charge is 2.44. The summed E-state index contributed by atoms with van der Waals surface area (Å²) in [5, 5.41) is 16.9. The van der Waals surface area contributed by atoms with Crippen molar-refractivity contribution >= 4 is 17.5 Å². The van der Waals surface area contributed by atoms with E-state index in [9.17, 15) is 9.65 Å². The monoisotopic (exact) mass is 416 g/mol. The van der Waals surface area contributed by atoms with E-state index in [1.807, 2.05) is 12.3 Å². The van der Waals surface area contributed by atoms with E-state index in [-0.39, 0.29) is 17.9 Å². The number of nitriles is 1. The molecule has 0 spiro atoms. The van der Waals surface area contributed by atoms with Crippen LogP contribution in [0.15, 0.2) is 36.7 Å². The highest BCUT2D eigenvalue weighted by Crippen LogP contribution is 2.38. The van der Waals surface area contributed by atoms with Crippen LogP contribution in [0.5, 0.6) is 0 Å². The number of H-pyrrole nitrogens is 1. The minimum atomic E-state index is -0.216. The van der Waals surface area contributed by atoms with Crippen molar-refractivity contribution < 1.29 is 4.39 Å². The first kappa shape index (κ1) is 18.1. The summed E-state index contributed by atoms with van der Waals surface area (Å²) in [7, 11) is 0. The van der Waals surface area contributed by atoms with Crippen molar-refractivity contribution in [2.24, 2.45) is 0 Å². The molecule has 2 saturated heterocycles. The Labute approximate surface area is 178 Å². The fourth-order valence-electron chi connectivity index (χ4n) is 5.10. The van der Waals surface area contributed by atoms with E-state index in [1.54, 1.807) is 18.3 Å². The molecule has 3 aliphatic heterocycles. The third-order valence-corrected chi connectivity index (χ3v) is 6.61. The Balaban J connectivity index is 1.26. The average Bonchev–Trinajstić information content (AvgIpc) is 3.53. The first-order valence-electron chi connectivity index (χ1n) is 10.5. The van der Waals surface area contributed by atoms with E-state index in [4.69, 9.17) is 4.98 Å². The van der Waals surface area contributed by atoms with Gasteiger partial charge in [0.2, 0.25) is 5.95 Å². The maximum atomic E-state index is 13.7. The van der Waals surface area contributed by atoms with Crippen LogP contribution < -0.4 is 14.7 Å². The van der Waals surface area contributed by atoms with Gasteiger partial charge in [-0.15, -0.1) is 0 Å². The molecule has 1 aromatic carbocycles. The van der Waals surface area contributed by atoms with Gasteiger partial charge >= 0.3 is 0 Å². The van der Waals surface area contributed by atoms with Crippen molar-refractivity contribution in [2.75, 3.05) is 34.3 Å². The standard InChI is InChI=1S/C22H21FN8/c23-16-2-1-3-17(6-16)30-12-19-7-18(30)13-31(19)21-14(8-24)9-25-22(27-21)29-5-4-20-15(11-29)10-26-28-20/h1-3,6,9-10,18-19H,4-5,7,11-13H2,(H,26,28)/t18-,19+/m1/s1. The molecule has 5 heterocycles. The number of nitrogens with one attached hydrogen (secondary N) is 1. The summed E-state index contributed by atoms with van der Waals surface area (Å²) >= 11 is 0. The van der Waals surface area contributed by atoms with Crippen LogP contribution in [0.2, 0.25) is 0 Å². The number of rotatable bonds is 3. The van der Waals surface area contributed by atoms with Crippen LogP contribution in [0.3, 0.4) is 0 Å². The second-order valence-corrected chi connectivity index (χ2v) is 8.39. The molecule has 2 bridgehead atoms. The summed E-state index contributed by atoms with van der Waals surface area (Å²) in [6.07, 6.45) is 5.33. The Kier molecular flexibility index (Phi) is 4.06. The molecule has 0 amide bonds. The fourth-order valence-corrected chi connectivity index (χ4v) is 5.10. The molecule has 0 aliphatic carbocycles. The van der Waals surface area contributed by atoms with Crippen LogP contribution in [0, 0.1) is 17.1 Å². The molecule has 3 aromatic rings. The Morgan fingerprint density at radius 3 is 2.84 bits per heavy atom. The molecule has 1 N–H and O–H groups in total. The predicted molar refractivity (Wildman–Crippen MR) is 113 cm³/mol. The highest BCUT2D eigenvalue weighted by atomic mass is 19.1. The minimum absolute atomic E-state index is 0.216. The lowest BCUT2D eigenvalue weighted by molar-refractivity contribution is 0.616. The van der Waals surface area contributed by atoms with Gasteiger partial charge in [0.15, 0.2) is 5.82 Å². The molecule has 0 saturated carbocycles. The first-order chi connectivity index (χ1) is 15.2. The topological polar surface area (TPSA) is 88.0 Å². The van der Waals surface area contributed by atoms with Crippen LogP contribution in [0.1, 0.15) is 23.2 Å². The lowest BCUT2D eigenvalue weighted by atomic mass is 10.1. The molecule has 9 heteroatoms. The third kappa shape index (κ3) is 2.98. The molecular formula is C22H21FN8. The number of benzene rings is 1. The largest absolute Gasteiger partial charge is 0.365 e.